The van der Waals surface area contributed by atoms with Crippen LogP contribution >= 0.6 is 0 Å². The Morgan fingerprint density at radius 1 is 1.23 bits per heavy atom. The predicted octanol–water partition coefficient (Wildman–Crippen LogP) is 3.11. The second kappa shape index (κ2) is 8.24. The van der Waals surface area contributed by atoms with Crippen molar-refractivity contribution in [3.8, 4) is 0 Å². The molecule has 1 heterocycles. The summed E-state index contributed by atoms with van der Waals surface area (Å²) in [6.07, 6.45) is 0.166. The van der Waals surface area contributed by atoms with Crippen LogP contribution in [0, 0.1) is 5.41 Å². The summed E-state index contributed by atoms with van der Waals surface area (Å²) < 4.78 is 16.1. The van der Waals surface area contributed by atoms with E-state index in [1.807, 2.05) is 20.8 Å². The maximum atomic E-state index is 12.8. The number of hydrazine groups is 1. The monoisotopic (exact) mass is 372 g/mol. The molecule has 0 aliphatic carbocycles. The molecule has 1 aliphatic rings. The molecule has 8 heteroatoms. The van der Waals surface area contributed by atoms with E-state index in [0.717, 1.165) is 5.01 Å². The molecule has 1 atom stereocenters. The summed E-state index contributed by atoms with van der Waals surface area (Å²) in [5.74, 6) is -2.54. The van der Waals surface area contributed by atoms with Gasteiger partial charge in [-0.1, -0.05) is 20.8 Å². The van der Waals surface area contributed by atoms with Crippen LogP contribution in [0.3, 0.4) is 0 Å². The van der Waals surface area contributed by atoms with Gasteiger partial charge in [-0.05, 0) is 39.5 Å². The lowest BCUT2D eigenvalue weighted by molar-refractivity contribution is -0.287. The van der Waals surface area contributed by atoms with Crippen molar-refractivity contribution in [3.63, 3.8) is 0 Å². The van der Waals surface area contributed by atoms with Crippen molar-refractivity contribution in [1.29, 1.82) is 0 Å². The van der Waals surface area contributed by atoms with Crippen LogP contribution in [0.4, 0.5) is 4.79 Å². The Balaban J connectivity index is 3.05. The topological polar surface area (TPSA) is 94.2 Å². The number of ether oxygens (including phenoxy) is 3. The fourth-order valence-electron chi connectivity index (χ4n) is 2.41. The number of carbonyl (C=O) groups is 3. The van der Waals surface area contributed by atoms with E-state index in [4.69, 9.17) is 14.2 Å². The van der Waals surface area contributed by atoms with E-state index in [0.29, 0.717) is 6.42 Å². The van der Waals surface area contributed by atoms with E-state index >= 15 is 0 Å². The maximum absolute atomic E-state index is 12.8. The molecular weight excluding hydrogens is 340 g/mol. The number of hydrogen-bond donors (Lipinski definition) is 1. The minimum absolute atomic E-state index is 0.0711. The fourth-order valence-corrected chi connectivity index (χ4v) is 2.41. The number of hydrogen-bond acceptors (Lipinski definition) is 6. The van der Waals surface area contributed by atoms with E-state index in [2.05, 4.69) is 5.43 Å². The Morgan fingerprint density at radius 2 is 1.85 bits per heavy atom. The van der Waals surface area contributed by atoms with Crippen LogP contribution in [0.25, 0.3) is 0 Å². The lowest BCUT2D eigenvalue weighted by atomic mass is 9.90. The summed E-state index contributed by atoms with van der Waals surface area (Å²) in [4.78, 5) is 36.8. The first-order valence-corrected chi connectivity index (χ1v) is 8.96. The van der Waals surface area contributed by atoms with Crippen molar-refractivity contribution in [2.75, 3.05) is 6.61 Å². The van der Waals surface area contributed by atoms with Crippen LogP contribution in [0.15, 0.2) is 0 Å². The SMILES string of the molecule is CCO[C@]1(N(NC(=O)OC(C)(C)C)C(=O)CCC(C)(C)C)CCC(=O)O1. The molecule has 150 valence electrons. The van der Waals surface area contributed by atoms with Gasteiger partial charge in [0.2, 0.25) is 5.91 Å². The third kappa shape index (κ3) is 6.82. The second-order valence-corrected chi connectivity index (χ2v) is 8.52. The highest BCUT2D eigenvalue weighted by atomic mass is 16.7. The summed E-state index contributed by atoms with van der Waals surface area (Å²) in [5, 5.41) is 0.973. The van der Waals surface area contributed by atoms with E-state index in [1.165, 1.54) is 0 Å². The number of carbonyl (C=O) groups excluding carboxylic acids is 3. The zero-order chi connectivity index (χ0) is 20.2. The molecule has 0 aromatic rings. The zero-order valence-corrected chi connectivity index (χ0v) is 16.9. The van der Waals surface area contributed by atoms with Crippen LogP contribution in [0.2, 0.25) is 0 Å². The highest BCUT2D eigenvalue weighted by Gasteiger charge is 2.50. The fraction of sp³-hybridized carbons (Fsp3) is 0.833. The first-order chi connectivity index (χ1) is 11.8. The largest absolute Gasteiger partial charge is 0.443 e. The van der Waals surface area contributed by atoms with Crippen molar-refractivity contribution in [3.05, 3.63) is 0 Å². The highest BCUT2D eigenvalue weighted by molar-refractivity contribution is 5.81. The van der Waals surface area contributed by atoms with Gasteiger partial charge in [-0.2, -0.15) is 5.01 Å². The van der Waals surface area contributed by atoms with Gasteiger partial charge in [0.25, 0.3) is 0 Å². The molecule has 26 heavy (non-hydrogen) atoms. The molecular formula is C18H32N2O6. The van der Waals surface area contributed by atoms with Gasteiger partial charge in [-0.25, -0.2) is 10.2 Å². The van der Waals surface area contributed by atoms with Crippen molar-refractivity contribution < 1.29 is 28.6 Å². The van der Waals surface area contributed by atoms with Gasteiger partial charge >= 0.3 is 18.0 Å². The molecule has 0 bridgehead atoms. The minimum Gasteiger partial charge on any atom is -0.443 e. The van der Waals surface area contributed by atoms with E-state index in [1.54, 1.807) is 27.7 Å². The van der Waals surface area contributed by atoms with Gasteiger partial charge in [-0.3, -0.25) is 9.59 Å². The Bertz CT molecular complexity index is 535. The third-order valence-electron chi connectivity index (χ3n) is 3.57. The standard InChI is InChI=1S/C18H32N2O6/c1-8-24-18(12-10-14(22)25-18)20(13(21)9-11-16(2,3)4)19-15(23)26-17(5,6)7/h8-12H2,1-7H3,(H,19,23)/t18-/m1/s1. The molecule has 1 fully saturated rings. The number of esters is 1. The summed E-state index contributed by atoms with van der Waals surface area (Å²) in [6.45, 7) is 13.1. The number of amides is 2. The summed E-state index contributed by atoms with van der Waals surface area (Å²) >= 11 is 0. The van der Waals surface area contributed by atoms with Crippen LogP contribution in [-0.2, 0) is 23.8 Å². The van der Waals surface area contributed by atoms with Gasteiger partial charge in [0.05, 0.1) is 13.0 Å². The van der Waals surface area contributed by atoms with Gasteiger partial charge in [-0.15, -0.1) is 0 Å². The molecule has 1 aliphatic heterocycles. The van der Waals surface area contributed by atoms with Crippen molar-refractivity contribution >= 4 is 18.0 Å². The van der Waals surface area contributed by atoms with Crippen LogP contribution < -0.4 is 5.43 Å². The lowest BCUT2D eigenvalue weighted by Crippen LogP contribution is -2.61. The van der Waals surface area contributed by atoms with Gasteiger partial charge in [0, 0.05) is 12.8 Å². The summed E-state index contributed by atoms with van der Waals surface area (Å²) in [7, 11) is 0. The Kier molecular flexibility index (Phi) is 7.04. The molecule has 1 saturated heterocycles. The highest BCUT2D eigenvalue weighted by Crippen LogP contribution is 2.32. The summed E-state index contributed by atoms with van der Waals surface area (Å²) in [6, 6.07) is 0. The number of nitrogens with zero attached hydrogens (tertiary/aromatic N) is 1. The molecule has 2 amide bonds. The zero-order valence-electron chi connectivity index (χ0n) is 16.9. The number of rotatable bonds is 5. The molecule has 8 nitrogen and oxygen atoms in total. The molecule has 0 radical (unpaired) electrons. The number of cyclic esters (lactones) is 1. The maximum Gasteiger partial charge on any atom is 0.426 e. The quantitative estimate of drug-likeness (QED) is 0.453. The first-order valence-electron chi connectivity index (χ1n) is 8.96. The second-order valence-electron chi connectivity index (χ2n) is 8.52. The predicted molar refractivity (Wildman–Crippen MR) is 94.6 cm³/mol. The first kappa shape index (κ1) is 22.2. The van der Waals surface area contributed by atoms with Crippen LogP contribution in [0.5, 0.6) is 0 Å². The average molecular weight is 372 g/mol. The Labute approximate surface area is 155 Å². The average Bonchev–Trinajstić information content (AvgIpc) is 2.82. The van der Waals surface area contributed by atoms with Crippen molar-refractivity contribution in [2.45, 2.75) is 85.7 Å². The van der Waals surface area contributed by atoms with Gasteiger partial charge in [0.1, 0.15) is 5.60 Å². The third-order valence-corrected chi connectivity index (χ3v) is 3.57. The van der Waals surface area contributed by atoms with Gasteiger partial charge in [0.15, 0.2) is 0 Å². The smallest absolute Gasteiger partial charge is 0.426 e. The van der Waals surface area contributed by atoms with E-state index < -0.39 is 29.5 Å². The van der Waals surface area contributed by atoms with Crippen molar-refractivity contribution in [2.24, 2.45) is 5.41 Å². The van der Waals surface area contributed by atoms with E-state index in [-0.39, 0.29) is 31.3 Å². The minimum atomic E-state index is -1.64. The molecule has 0 aromatic heterocycles. The van der Waals surface area contributed by atoms with Gasteiger partial charge < -0.3 is 14.2 Å². The molecule has 0 saturated carbocycles. The molecule has 1 N–H and O–H groups in total. The molecule has 1 rings (SSSR count). The summed E-state index contributed by atoms with van der Waals surface area (Å²) in [5.41, 5.74) is 1.61. The Morgan fingerprint density at radius 3 is 2.27 bits per heavy atom. The van der Waals surface area contributed by atoms with E-state index in [9.17, 15) is 14.4 Å². The molecule has 0 unspecified atom stereocenters. The normalized spacial score (nSPS) is 20.5. The Hall–Kier alpha value is -1.83. The number of nitrogens with one attached hydrogen (secondary N) is 1. The van der Waals surface area contributed by atoms with Crippen molar-refractivity contribution in [1.82, 2.24) is 10.4 Å². The molecule has 0 aromatic carbocycles. The van der Waals surface area contributed by atoms with Crippen LogP contribution in [0.1, 0.15) is 74.1 Å². The molecule has 0 spiro atoms. The van der Waals surface area contributed by atoms with Crippen LogP contribution in [-0.4, -0.2) is 41.1 Å². The lowest BCUT2D eigenvalue weighted by Gasteiger charge is -2.38.